The minimum absolute atomic E-state index is 0.249. The molecule has 1 aromatic heterocycles. The van der Waals surface area contributed by atoms with E-state index in [9.17, 15) is 4.79 Å². The summed E-state index contributed by atoms with van der Waals surface area (Å²) >= 11 is 5.79. The molecule has 0 radical (unpaired) electrons. The van der Waals surface area contributed by atoms with Gasteiger partial charge >= 0.3 is 5.69 Å². The second-order valence-electron chi connectivity index (χ2n) is 4.38. The molecule has 0 aliphatic heterocycles. The molecular weight excluding hydrogens is 226 g/mol. The molecule has 90 valence electrons. The third kappa shape index (κ3) is 4.33. The summed E-state index contributed by atoms with van der Waals surface area (Å²) in [4.78, 5) is 15.1. The SMILES string of the molecule is CC(CNC(C)C)Cn1cc(Cl)cnc1=O. The molecule has 1 rings (SSSR count). The quantitative estimate of drug-likeness (QED) is 0.853. The Bertz CT molecular complexity index is 389. The zero-order valence-electron chi connectivity index (χ0n) is 9.90. The molecule has 1 N–H and O–H groups in total. The molecule has 4 nitrogen and oxygen atoms in total. The van der Waals surface area contributed by atoms with Crippen LogP contribution in [0.5, 0.6) is 0 Å². The summed E-state index contributed by atoms with van der Waals surface area (Å²) in [5.74, 6) is 0.361. The molecule has 0 saturated heterocycles. The summed E-state index contributed by atoms with van der Waals surface area (Å²) in [5, 5.41) is 3.82. The van der Waals surface area contributed by atoms with Gasteiger partial charge in [0.25, 0.3) is 0 Å². The molecule has 0 spiro atoms. The first-order chi connectivity index (χ1) is 7.49. The van der Waals surface area contributed by atoms with Crippen LogP contribution in [0.15, 0.2) is 17.2 Å². The number of nitrogens with zero attached hydrogens (tertiary/aromatic N) is 2. The van der Waals surface area contributed by atoms with Crippen LogP contribution in [0.1, 0.15) is 20.8 Å². The highest BCUT2D eigenvalue weighted by Gasteiger charge is 2.06. The van der Waals surface area contributed by atoms with Crippen LogP contribution in [-0.4, -0.2) is 22.1 Å². The van der Waals surface area contributed by atoms with Gasteiger partial charge in [0, 0.05) is 18.8 Å². The average molecular weight is 244 g/mol. The minimum atomic E-state index is -0.249. The summed E-state index contributed by atoms with van der Waals surface area (Å²) in [6.45, 7) is 7.78. The summed E-state index contributed by atoms with van der Waals surface area (Å²) in [7, 11) is 0. The van der Waals surface area contributed by atoms with Crippen molar-refractivity contribution in [2.45, 2.75) is 33.4 Å². The van der Waals surface area contributed by atoms with Crippen molar-refractivity contribution >= 4 is 11.6 Å². The number of hydrogen-bond acceptors (Lipinski definition) is 3. The van der Waals surface area contributed by atoms with Crippen LogP contribution >= 0.6 is 11.6 Å². The Morgan fingerprint density at radius 2 is 2.19 bits per heavy atom. The van der Waals surface area contributed by atoms with E-state index in [1.54, 1.807) is 10.8 Å². The molecule has 0 saturated carbocycles. The van der Waals surface area contributed by atoms with Gasteiger partial charge in [-0.15, -0.1) is 0 Å². The number of hydrogen-bond donors (Lipinski definition) is 1. The average Bonchev–Trinajstić information content (AvgIpc) is 2.20. The van der Waals surface area contributed by atoms with E-state index in [4.69, 9.17) is 11.6 Å². The zero-order chi connectivity index (χ0) is 12.1. The first kappa shape index (κ1) is 13.2. The van der Waals surface area contributed by atoms with E-state index < -0.39 is 0 Å². The number of rotatable bonds is 5. The Kier molecular flexibility index (Phi) is 4.96. The summed E-state index contributed by atoms with van der Waals surface area (Å²) < 4.78 is 1.55. The maximum Gasteiger partial charge on any atom is 0.347 e. The van der Waals surface area contributed by atoms with Gasteiger partial charge in [-0.3, -0.25) is 4.57 Å². The van der Waals surface area contributed by atoms with Crippen LogP contribution in [0.25, 0.3) is 0 Å². The van der Waals surface area contributed by atoms with Crippen molar-refractivity contribution < 1.29 is 0 Å². The molecule has 5 heteroatoms. The fourth-order valence-electron chi connectivity index (χ4n) is 1.40. The smallest absolute Gasteiger partial charge is 0.314 e. The lowest BCUT2D eigenvalue weighted by atomic mass is 10.1. The lowest BCUT2D eigenvalue weighted by Gasteiger charge is -2.15. The Balaban J connectivity index is 2.58. The number of halogens is 1. The summed E-state index contributed by atoms with van der Waals surface area (Å²) in [6.07, 6.45) is 3.00. The van der Waals surface area contributed by atoms with Crippen molar-refractivity contribution in [1.29, 1.82) is 0 Å². The molecule has 0 aliphatic carbocycles. The third-order valence-corrected chi connectivity index (χ3v) is 2.40. The second-order valence-corrected chi connectivity index (χ2v) is 4.81. The van der Waals surface area contributed by atoms with E-state index in [1.165, 1.54) is 6.20 Å². The number of aromatic nitrogens is 2. The first-order valence-electron chi connectivity index (χ1n) is 5.44. The van der Waals surface area contributed by atoms with Crippen molar-refractivity contribution in [3.8, 4) is 0 Å². The molecule has 1 aromatic rings. The van der Waals surface area contributed by atoms with Crippen LogP contribution in [0.3, 0.4) is 0 Å². The van der Waals surface area contributed by atoms with Crippen molar-refractivity contribution in [2.24, 2.45) is 5.92 Å². The summed E-state index contributed by atoms with van der Waals surface area (Å²) in [5.41, 5.74) is -0.249. The highest BCUT2D eigenvalue weighted by molar-refractivity contribution is 6.30. The van der Waals surface area contributed by atoms with E-state index in [1.807, 2.05) is 0 Å². The first-order valence-corrected chi connectivity index (χ1v) is 5.82. The van der Waals surface area contributed by atoms with Gasteiger partial charge in [0.05, 0.1) is 11.2 Å². The normalized spacial score (nSPS) is 13.1. The Labute approximate surface area is 101 Å². The molecule has 1 unspecified atom stereocenters. The van der Waals surface area contributed by atoms with Gasteiger partial charge in [0.2, 0.25) is 0 Å². The topological polar surface area (TPSA) is 46.9 Å². The van der Waals surface area contributed by atoms with Gasteiger partial charge in [0.1, 0.15) is 0 Å². The van der Waals surface area contributed by atoms with Crippen LogP contribution < -0.4 is 11.0 Å². The van der Waals surface area contributed by atoms with Gasteiger partial charge in [-0.1, -0.05) is 32.4 Å². The molecular formula is C11H18ClN3O. The third-order valence-electron chi connectivity index (χ3n) is 2.21. The van der Waals surface area contributed by atoms with Crippen LogP contribution in [-0.2, 0) is 6.54 Å². The largest absolute Gasteiger partial charge is 0.347 e. The molecule has 0 bridgehead atoms. The Morgan fingerprint density at radius 3 is 2.81 bits per heavy atom. The Hall–Kier alpha value is -0.870. The molecule has 1 atom stereocenters. The second kappa shape index (κ2) is 6.01. The maximum atomic E-state index is 11.4. The maximum absolute atomic E-state index is 11.4. The lowest BCUT2D eigenvalue weighted by Crippen LogP contribution is -2.32. The Morgan fingerprint density at radius 1 is 1.50 bits per heavy atom. The standard InChI is InChI=1S/C11H18ClN3O/c1-8(2)13-4-9(3)6-15-7-10(12)5-14-11(15)16/h5,7-9,13H,4,6H2,1-3H3. The molecule has 16 heavy (non-hydrogen) atoms. The van der Waals surface area contributed by atoms with E-state index in [0.29, 0.717) is 23.5 Å². The molecule has 0 aromatic carbocycles. The summed E-state index contributed by atoms with van der Waals surface area (Å²) in [6, 6.07) is 0.455. The number of nitrogens with one attached hydrogen (secondary N) is 1. The fraction of sp³-hybridized carbons (Fsp3) is 0.636. The van der Waals surface area contributed by atoms with Gasteiger partial charge in [0.15, 0.2) is 0 Å². The van der Waals surface area contributed by atoms with Gasteiger partial charge in [-0.05, 0) is 12.5 Å². The van der Waals surface area contributed by atoms with Gasteiger partial charge in [-0.25, -0.2) is 9.78 Å². The molecule has 0 aliphatic rings. The van der Waals surface area contributed by atoms with Crippen molar-refractivity contribution in [3.05, 3.63) is 27.9 Å². The van der Waals surface area contributed by atoms with Gasteiger partial charge < -0.3 is 5.32 Å². The lowest BCUT2D eigenvalue weighted by molar-refractivity contribution is 0.417. The van der Waals surface area contributed by atoms with Crippen LogP contribution in [0.2, 0.25) is 5.02 Å². The minimum Gasteiger partial charge on any atom is -0.314 e. The highest BCUT2D eigenvalue weighted by Crippen LogP contribution is 2.04. The highest BCUT2D eigenvalue weighted by atomic mass is 35.5. The van der Waals surface area contributed by atoms with E-state index in [-0.39, 0.29) is 5.69 Å². The van der Waals surface area contributed by atoms with E-state index in [0.717, 1.165) is 6.54 Å². The van der Waals surface area contributed by atoms with Crippen molar-refractivity contribution in [2.75, 3.05) is 6.54 Å². The van der Waals surface area contributed by atoms with Gasteiger partial charge in [-0.2, -0.15) is 0 Å². The van der Waals surface area contributed by atoms with E-state index >= 15 is 0 Å². The molecule has 0 amide bonds. The van der Waals surface area contributed by atoms with E-state index in [2.05, 4.69) is 31.1 Å². The molecule has 1 heterocycles. The predicted molar refractivity (Wildman–Crippen MR) is 65.8 cm³/mol. The predicted octanol–water partition coefficient (Wildman–Crippen LogP) is 1.53. The van der Waals surface area contributed by atoms with Crippen molar-refractivity contribution in [3.63, 3.8) is 0 Å². The van der Waals surface area contributed by atoms with Crippen molar-refractivity contribution in [1.82, 2.24) is 14.9 Å². The van der Waals surface area contributed by atoms with Crippen LogP contribution in [0.4, 0.5) is 0 Å². The fourth-order valence-corrected chi connectivity index (χ4v) is 1.56. The molecule has 0 fully saturated rings. The zero-order valence-corrected chi connectivity index (χ0v) is 10.7. The monoisotopic (exact) mass is 243 g/mol. The van der Waals surface area contributed by atoms with Crippen LogP contribution in [0, 0.1) is 5.92 Å².